The highest BCUT2D eigenvalue weighted by molar-refractivity contribution is 5.22. The minimum atomic E-state index is -0.173. The molecule has 0 amide bonds. The van der Waals surface area contributed by atoms with Crippen LogP contribution < -0.4 is 5.32 Å². The van der Waals surface area contributed by atoms with Gasteiger partial charge in [0.2, 0.25) is 0 Å². The van der Waals surface area contributed by atoms with Crippen molar-refractivity contribution in [3.63, 3.8) is 0 Å². The monoisotopic (exact) mass is 248 g/mol. The van der Waals surface area contributed by atoms with Crippen molar-refractivity contribution in [3.8, 4) is 0 Å². The van der Waals surface area contributed by atoms with E-state index in [9.17, 15) is 4.39 Å². The van der Waals surface area contributed by atoms with Crippen LogP contribution in [0.2, 0.25) is 0 Å². The Balaban J connectivity index is 2.17. The fourth-order valence-electron chi connectivity index (χ4n) is 2.47. The van der Waals surface area contributed by atoms with Crippen LogP contribution in [-0.4, -0.2) is 31.1 Å². The third-order valence-corrected chi connectivity index (χ3v) is 3.39. The number of halogens is 1. The van der Waals surface area contributed by atoms with Crippen molar-refractivity contribution in [2.24, 2.45) is 0 Å². The third kappa shape index (κ3) is 3.40. The van der Waals surface area contributed by atoms with E-state index >= 15 is 0 Å². The van der Waals surface area contributed by atoms with Crippen molar-refractivity contribution >= 4 is 0 Å². The zero-order valence-electron chi connectivity index (χ0n) is 11.0. The maximum absolute atomic E-state index is 13.0. The molecule has 0 unspecified atom stereocenters. The molecule has 2 rings (SSSR count). The predicted octanol–water partition coefficient (Wildman–Crippen LogP) is 2.74. The topological polar surface area (TPSA) is 15.3 Å². The number of hydrogen-bond acceptors (Lipinski definition) is 2. The van der Waals surface area contributed by atoms with E-state index in [1.54, 1.807) is 12.1 Å². The summed E-state index contributed by atoms with van der Waals surface area (Å²) in [6.07, 6.45) is 0.936. The van der Waals surface area contributed by atoms with Crippen molar-refractivity contribution in [2.75, 3.05) is 26.2 Å². The van der Waals surface area contributed by atoms with E-state index in [0.717, 1.165) is 32.6 Å². The average Bonchev–Trinajstić information content (AvgIpc) is 2.38. The molecule has 1 fully saturated rings. The SMILES string of the molecule is C=C(C)C[C@@H](c1ccc(F)cc1)N1CCNCC1. The maximum atomic E-state index is 13.0. The molecule has 0 spiro atoms. The van der Waals surface area contributed by atoms with E-state index in [2.05, 4.69) is 23.7 Å². The summed E-state index contributed by atoms with van der Waals surface area (Å²) in [4.78, 5) is 2.46. The molecule has 1 N–H and O–H groups in total. The van der Waals surface area contributed by atoms with Gasteiger partial charge in [-0.05, 0) is 31.0 Å². The molecule has 1 aromatic rings. The quantitative estimate of drug-likeness (QED) is 0.824. The second-order valence-electron chi connectivity index (χ2n) is 5.01. The summed E-state index contributed by atoms with van der Waals surface area (Å²) in [6.45, 7) is 10.2. The van der Waals surface area contributed by atoms with E-state index in [1.165, 1.54) is 11.1 Å². The largest absolute Gasteiger partial charge is 0.314 e. The summed E-state index contributed by atoms with van der Waals surface area (Å²) in [5, 5.41) is 3.36. The number of piperazine rings is 1. The second kappa shape index (κ2) is 6.12. The highest BCUT2D eigenvalue weighted by atomic mass is 19.1. The van der Waals surface area contributed by atoms with Gasteiger partial charge in [0.05, 0.1) is 0 Å². The lowest BCUT2D eigenvalue weighted by atomic mass is 9.98. The lowest BCUT2D eigenvalue weighted by Crippen LogP contribution is -2.45. The summed E-state index contributed by atoms with van der Waals surface area (Å²) < 4.78 is 13.0. The number of nitrogens with zero attached hydrogens (tertiary/aromatic N) is 1. The standard InChI is InChI=1S/C15H21FN2/c1-12(2)11-15(18-9-7-17-8-10-18)13-3-5-14(16)6-4-13/h3-6,15,17H,1,7-11H2,2H3/t15-/m0/s1. The van der Waals surface area contributed by atoms with Gasteiger partial charge in [0.15, 0.2) is 0 Å². The zero-order chi connectivity index (χ0) is 13.0. The van der Waals surface area contributed by atoms with E-state index in [1.807, 2.05) is 12.1 Å². The molecule has 2 nitrogen and oxygen atoms in total. The third-order valence-electron chi connectivity index (χ3n) is 3.39. The van der Waals surface area contributed by atoms with Crippen molar-refractivity contribution in [1.82, 2.24) is 10.2 Å². The lowest BCUT2D eigenvalue weighted by Gasteiger charge is -2.35. The molecule has 98 valence electrons. The Labute approximate surface area is 108 Å². The summed E-state index contributed by atoms with van der Waals surface area (Å²) >= 11 is 0. The Morgan fingerprint density at radius 1 is 1.33 bits per heavy atom. The van der Waals surface area contributed by atoms with Crippen LogP contribution >= 0.6 is 0 Å². The van der Waals surface area contributed by atoms with Crippen LogP contribution in [0.5, 0.6) is 0 Å². The van der Waals surface area contributed by atoms with Gasteiger partial charge in [-0.1, -0.05) is 17.7 Å². The Morgan fingerprint density at radius 3 is 2.50 bits per heavy atom. The van der Waals surface area contributed by atoms with E-state index in [0.29, 0.717) is 6.04 Å². The first-order chi connectivity index (χ1) is 8.66. The molecular weight excluding hydrogens is 227 g/mol. The van der Waals surface area contributed by atoms with Gasteiger partial charge in [0.25, 0.3) is 0 Å². The Morgan fingerprint density at radius 2 is 1.94 bits per heavy atom. The minimum absolute atomic E-state index is 0.173. The molecule has 1 aromatic carbocycles. The number of nitrogens with one attached hydrogen (secondary N) is 1. The maximum Gasteiger partial charge on any atom is 0.123 e. The number of benzene rings is 1. The zero-order valence-corrected chi connectivity index (χ0v) is 11.0. The van der Waals surface area contributed by atoms with Crippen molar-refractivity contribution in [2.45, 2.75) is 19.4 Å². The summed E-state index contributed by atoms with van der Waals surface area (Å²) in [6, 6.07) is 7.20. The lowest BCUT2D eigenvalue weighted by molar-refractivity contribution is 0.172. The van der Waals surface area contributed by atoms with Gasteiger partial charge < -0.3 is 5.32 Å². The molecular formula is C15H21FN2. The normalized spacial score (nSPS) is 18.6. The average molecular weight is 248 g/mol. The van der Waals surface area contributed by atoms with Gasteiger partial charge in [0, 0.05) is 32.2 Å². The molecule has 0 saturated carbocycles. The van der Waals surface area contributed by atoms with Gasteiger partial charge in [0.1, 0.15) is 5.82 Å². The Kier molecular flexibility index (Phi) is 4.50. The van der Waals surface area contributed by atoms with Crippen molar-refractivity contribution in [1.29, 1.82) is 0 Å². The molecule has 18 heavy (non-hydrogen) atoms. The van der Waals surface area contributed by atoms with E-state index < -0.39 is 0 Å². The van der Waals surface area contributed by atoms with Gasteiger partial charge in [-0.15, -0.1) is 6.58 Å². The molecule has 0 aliphatic carbocycles. The minimum Gasteiger partial charge on any atom is -0.314 e. The smallest absolute Gasteiger partial charge is 0.123 e. The molecule has 1 saturated heterocycles. The van der Waals surface area contributed by atoms with Gasteiger partial charge >= 0.3 is 0 Å². The first-order valence-electron chi connectivity index (χ1n) is 6.51. The molecule has 0 aromatic heterocycles. The van der Waals surface area contributed by atoms with Crippen LogP contribution in [-0.2, 0) is 0 Å². The van der Waals surface area contributed by atoms with Crippen LogP contribution in [0.25, 0.3) is 0 Å². The predicted molar refractivity (Wildman–Crippen MR) is 73.0 cm³/mol. The number of rotatable bonds is 4. The second-order valence-corrected chi connectivity index (χ2v) is 5.01. The molecule has 0 bridgehead atoms. The molecule has 3 heteroatoms. The fraction of sp³-hybridized carbons (Fsp3) is 0.467. The summed E-state index contributed by atoms with van der Waals surface area (Å²) in [5.74, 6) is -0.173. The van der Waals surface area contributed by atoms with Crippen LogP contribution in [0, 0.1) is 5.82 Å². The van der Waals surface area contributed by atoms with Gasteiger partial charge in [-0.3, -0.25) is 4.90 Å². The highest BCUT2D eigenvalue weighted by Gasteiger charge is 2.21. The fourth-order valence-corrected chi connectivity index (χ4v) is 2.47. The first-order valence-corrected chi connectivity index (χ1v) is 6.51. The highest BCUT2D eigenvalue weighted by Crippen LogP contribution is 2.27. The van der Waals surface area contributed by atoms with Crippen LogP contribution in [0.1, 0.15) is 24.9 Å². The Bertz CT molecular complexity index is 393. The van der Waals surface area contributed by atoms with Crippen molar-refractivity contribution in [3.05, 3.63) is 47.8 Å². The molecule has 1 atom stereocenters. The first kappa shape index (κ1) is 13.2. The van der Waals surface area contributed by atoms with E-state index in [-0.39, 0.29) is 5.82 Å². The van der Waals surface area contributed by atoms with Crippen LogP contribution in [0.4, 0.5) is 4.39 Å². The molecule has 1 heterocycles. The molecule has 0 radical (unpaired) electrons. The summed E-state index contributed by atoms with van der Waals surface area (Å²) in [5.41, 5.74) is 2.35. The van der Waals surface area contributed by atoms with Gasteiger partial charge in [-0.2, -0.15) is 0 Å². The van der Waals surface area contributed by atoms with Crippen molar-refractivity contribution < 1.29 is 4.39 Å². The van der Waals surface area contributed by atoms with Gasteiger partial charge in [-0.25, -0.2) is 4.39 Å². The van der Waals surface area contributed by atoms with Crippen LogP contribution in [0.3, 0.4) is 0 Å². The summed E-state index contributed by atoms with van der Waals surface area (Å²) in [7, 11) is 0. The van der Waals surface area contributed by atoms with E-state index in [4.69, 9.17) is 0 Å². The Hall–Kier alpha value is -1.19. The van der Waals surface area contributed by atoms with Crippen LogP contribution in [0.15, 0.2) is 36.4 Å². The number of hydrogen-bond donors (Lipinski definition) is 1. The molecule has 1 aliphatic heterocycles. The molecule has 1 aliphatic rings.